The van der Waals surface area contributed by atoms with Crippen LogP contribution in [0.25, 0.3) is 21.5 Å². The van der Waals surface area contributed by atoms with E-state index in [4.69, 9.17) is 11.6 Å². The number of rotatable bonds is 3. The van der Waals surface area contributed by atoms with Crippen LogP contribution in [0.4, 0.5) is 0 Å². The molecule has 4 rings (SSSR count). The summed E-state index contributed by atoms with van der Waals surface area (Å²) in [6.07, 6.45) is 0. The van der Waals surface area contributed by atoms with Gasteiger partial charge in [-0.25, -0.2) is 0 Å². The van der Waals surface area contributed by atoms with Gasteiger partial charge in [0.2, 0.25) is 0 Å². The molecule has 0 aromatic heterocycles. The minimum atomic E-state index is -0.694. The van der Waals surface area contributed by atoms with Crippen molar-refractivity contribution in [1.82, 2.24) is 0 Å². The molecule has 0 aliphatic rings. The van der Waals surface area contributed by atoms with E-state index in [0.29, 0.717) is 5.56 Å². The fourth-order valence-electron chi connectivity index (χ4n) is 3.18. The molecule has 0 bridgehead atoms. The van der Waals surface area contributed by atoms with E-state index in [1.807, 2.05) is 78.9 Å². The number of alkyl halides is 1. The Morgan fingerprint density at radius 3 is 1.79 bits per heavy atom. The fourth-order valence-corrected chi connectivity index (χ4v) is 3.43. The van der Waals surface area contributed by atoms with Crippen molar-refractivity contribution in [2.75, 3.05) is 0 Å². The molecule has 1 atom stereocenters. The second kappa shape index (κ2) is 6.10. The molecule has 2 heteroatoms. The topological polar surface area (TPSA) is 17.1 Å². The van der Waals surface area contributed by atoms with Gasteiger partial charge >= 0.3 is 0 Å². The average Bonchev–Trinajstić information content (AvgIpc) is 2.65. The van der Waals surface area contributed by atoms with Crippen molar-refractivity contribution in [3.05, 3.63) is 96.1 Å². The van der Waals surface area contributed by atoms with Gasteiger partial charge in [0.25, 0.3) is 0 Å². The minimum Gasteiger partial charge on any atom is -0.292 e. The van der Waals surface area contributed by atoms with E-state index in [0.717, 1.165) is 27.1 Å². The van der Waals surface area contributed by atoms with Crippen molar-refractivity contribution < 1.29 is 4.79 Å². The first-order valence-corrected chi connectivity index (χ1v) is 8.33. The van der Waals surface area contributed by atoms with Crippen LogP contribution < -0.4 is 0 Å². The van der Waals surface area contributed by atoms with Crippen LogP contribution in [-0.4, -0.2) is 5.78 Å². The van der Waals surface area contributed by atoms with Crippen molar-refractivity contribution in [2.45, 2.75) is 5.38 Å². The van der Waals surface area contributed by atoms with Crippen LogP contribution in [-0.2, 0) is 0 Å². The number of halogens is 1. The van der Waals surface area contributed by atoms with Crippen LogP contribution in [0.3, 0.4) is 0 Å². The van der Waals surface area contributed by atoms with Crippen LogP contribution in [0.5, 0.6) is 0 Å². The molecule has 0 spiro atoms. The third kappa shape index (κ3) is 2.47. The van der Waals surface area contributed by atoms with Gasteiger partial charge in [0.1, 0.15) is 5.38 Å². The Balaban J connectivity index is 1.98. The van der Waals surface area contributed by atoms with Crippen LogP contribution in [0.2, 0.25) is 0 Å². The lowest BCUT2D eigenvalue weighted by Gasteiger charge is -2.14. The van der Waals surface area contributed by atoms with Gasteiger partial charge in [-0.1, -0.05) is 78.9 Å². The summed E-state index contributed by atoms with van der Waals surface area (Å²) < 4.78 is 0. The molecular weight excluding hydrogens is 316 g/mol. The Morgan fingerprint density at radius 1 is 0.708 bits per heavy atom. The third-order valence-electron chi connectivity index (χ3n) is 4.34. The van der Waals surface area contributed by atoms with Crippen LogP contribution in [0, 0.1) is 0 Å². The molecule has 0 saturated heterocycles. The highest BCUT2D eigenvalue weighted by Crippen LogP contribution is 2.34. The number of hydrogen-bond acceptors (Lipinski definition) is 1. The largest absolute Gasteiger partial charge is 0.292 e. The first-order chi connectivity index (χ1) is 11.8. The number of fused-ring (bicyclic) bond motifs is 2. The number of hydrogen-bond donors (Lipinski definition) is 0. The number of Topliss-reactive ketones (excluding diaryl/α,β-unsaturated/α-hetero) is 1. The monoisotopic (exact) mass is 330 g/mol. The number of carbonyl (C=O) groups is 1. The predicted molar refractivity (Wildman–Crippen MR) is 101 cm³/mol. The van der Waals surface area contributed by atoms with E-state index < -0.39 is 5.38 Å². The van der Waals surface area contributed by atoms with Gasteiger partial charge in [0.05, 0.1) is 0 Å². The molecule has 0 saturated carbocycles. The summed E-state index contributed by atoms with van der Waals surface area (Å²) in [6.45, 7) is 0. The van der Waals surface area contributed by atoms with E-state index in [1.54, 1.807) is 0 Å². The summed E-state index contributed by atoms with van der Waals surface area (Å²) in [5.41, 5.74) is 1.52. The van der Waals surface area contributed by atoms with Crippen LogP contribution in [0.1, 0.15) is 21.3 Å². The van der Waals surface area contributed by atoms with Crippen molar-refractivity contribution in [2.24, 2.45) is 0 Å². The van der Waals surface area contributed by atoms with E-state index in [-0.39, 0.29) is 5.78 Å². The Morgan fingerprint density at radius 2 is 1.21 bits per heavy atom. The summed E-state index contributed by atoms with van der Waals surface area (Å²) in [4.78, 5) is 13.2. The second-order valence-electron chi connectivity index (χ2n) is 5.83. The maximum Gasteiger partial charge on any atom is 0.186 e. The summed E-state index contributed by atoms with van der Waals surface area (Å²) in [6, 6.07) is 27.6. The van der Waals surface area contributed by atoms with Gasteiger partial charge in [0, 0.05) is 5.56 Å². The predicted octanol–water partition coefficient (Wildman–Crippen LogP) is 6.16. The first-order valence-electron chi connectivity index (χ1n) is 7.89. The molecular formula is C22H15ClO. The molecule has 4 aromatic carbocycles. The number of ketones is 1. The lowest BCUT2D eigenvalue weighted by Crippen LogP contribution is -2.09. The lowest BCUT2D eigenvalue weighted by molar-refractivity contribution is 0.0990. The molecule has 0 aliphatic heterocycles. The molecule has 0 radical (unpaired) electrons. The van der Waals surface area contributed by atoms with E-state index in [9.17, 15) is 4.79 Å². The van der Waals surface area contributed by atoms with Gasteiger partial charge in [-0.2, -0.15) is 0 Å². The highest BCUT2D eigenvalue weighted by atomic mass is 35.5. The molecule has 1 unspecified atom stereocenters. The van der Waals surface area contributed by atoms with Crippen molar-refractivity contribution >= 4 is 38.9 Å². The number of benzene rings is 4. The van der Waals surface area contributed by atoms with E-state index >= 15 is 0 Å². The highest BCUT2D eigenvalue weighted by molar-refractivity contribution is 6.37. The maximum atomic E-state index is 13.2. The Labute approximate surface area is 145 Å². The standard InChI is InChI=1S/C22H15ClO/c23-21(15-8-2-1-3-9-15)22(24)20-18-12-6-4-10-16(18)14-17-11-5-7-13-19(17)20/h1-14,21H. The quantitative estimate of drug-likeness (QED) is 0.250. The second-order valence-corrected chi connectivity index (χ2v) is 6.27. The SMILES string of the molecule is O=C(c1c2ccccc2cc2ccccc12)C(Cl)c1ccccc1. The molecule has 0 heterocycles. The molecule has 0 amide bonds. The lowest BCUT2D eigenvalue weighted by atomic mass is 9.91. The fraction of sp³-hybridized carbons (Fsp3) is 0.0455. The highest BCUT2D eigenvalue weighted by Gasteiger charge is 2.23. The van der Waals surface area contributed by atoms with Crippen LogP contribution >= 0.6 is 11.6 Å². The zero-order valence-corrected chi connectivity index (χ0v) is 13.7. The van der Waals surface area contributed by atoms with Crippen LogP contribution in [0.15, 0.2) is 84.9 Å². The molecule has 0 N–H and O–H groups in total. The van der Waals surface area contributed by atoms with Gasteiger partial charge in [-0.05, 0) is 33.2 Å². The first kappa shape index (κ1) is 14.9. The summed E-state index contributed by atoms with van der Waals surface area (Å²) in [7, 11) is 0. The Bertz CT molecular complexity index is 983. The molecule has 0 fully saturated rings. The zero-order valence-electron chi connectivity index (χ0n) is 12.9. The van der Waals surface area contributed by atoms with Gasteiger partial charge in [-0.15, -0.1) is 11.6 Å². The molecule has 24 heavy (non-hydrogen) atoms. The smallest absolute Gasteiger partial charge is 0.186 e. The van der Waals surface area contributed by atoms with Gasteiger partial charge in [-0.3, -0.25) is 4.79 Å². The third-order valence-corrected chi connectivity index (χ3v) is 4.79. The van der Waals surface area contributed by atoms with Crippen molar-refractivity contribution in [3.8, 4) is 0 Å². The van der Waals surface area contributed by atoms with Gasteiger partial charge < -0.3 is 0 Å². The maximum absolute atomic E-state index is 13.2. The summed E-state index contributed by atoms with van der Waals surface area (Å²) in [5.74, 6) is -0.0594. The minimum absolute atomic E-state index is 0.0594. The normalized spacial score (nSPS) is 12.4. The van der Waals surface area contributed by atoms with Crippen molar-refractivity contribution in [3.63, 3.8) is 0 Å². The molecule has 116 valence electrons. The zero-order chi connectivity index (χ0) is 16.5. The number of carbonyl (C=O) groups excluding carboxylic acids is 1. The van der Waals surface area contributed by atoms with E-state index in [2.05, 4.69) is 6.07 Å². The van der Waals surface area contributed by atoms with Crippen molar-refractivity contribution in [1.29, 1.82) is 0 Å². The molecule has 4 aromatic rings. The summed E-state index contributed by atoms with van der Waals surface area (Å²) in [5, 5.41) is 3.30. The molecule has 1 nitrogen and oxygen atoms in total. The Kier molecular flexibility index (Phi) is 3.79. The molecule has 0 aliphatic carbocycles. The summed E-state index contributed by atoms with van der Waals surface area (Å²) >= 11 is 6.54. The van der Waals surface area contributed by atoms with Gasteiger partial charge in [0.15, 0.2) is 5.78 Å². The average molecular weight is 331 g/mol. The Hall–Kier alpha value is -2.64. The van der Waals surface area contributed by atoms with E-state index in [1.165, 1.54) is 0 Å².